The van der Waals surface area contributed by atoms with Gasteiger partial charge in [-0.2, -0.15) is 0 Å². The van der Waals surface area contributed by atoms with Crippen LogP contribution in [0.1, 0.15) is 25.0 Å². The van der Waals surface area contributed by atoms with Gasteiger partial charge in [-0.15, -0.1) is 11.3 Å². The Labute approximate surface area is 138 Å². The number of hydrogen-bond donors (Lipinski definition) is 1. The zero-order valence-corrected chi connectivity index (χ0v) is 13.7. The lowest BCUT2D eigenvalue weighted by Crippen LogP contribution is -2.51. The second kappa shape index (κ2) is 6.09. The third-order valence-electron chi connectivity index (χ3n) is 4.76. The Kier molecular flexibility index (Phi) is 3.94. The Morgan fingerprint density at radius 2 is 2.35 bits per heavy atom. The van der Waals surface area contributed by atoms with Gasteiger partial charge in [0.2, 0.25) is 5.91 Å². The van der Waals surface area contributed by atoms with Crippen LogP contribution in [0.2, 0.25) is 0 Å². The van der Waals surface area contributed by atoms with Crippen LogP contribution >= 0.6 is 11.3 Å². The van der Waals surface area contributed by atoms with Gasteiger partial charge in [-0.25, -0.2) is 9.78 Å². The topological polar surface area (TPSA) is 74.8 Å². The Bertz CT molecular complexity index is 620. The fourth-order valence-electron chi connectivity index (χ4n) is 3.65. The van der Waals surface area contributed by atoms with Crippen LogP contribution in [0.25, 0.3) is 0 Å². The molecule has 1 saturated carbocycles. The number of carbonyl (C=O) groups is 2. The van der Waals surface area contributed by atoms with Crippen LogP contribution in [0.5, 0.6) is 0 Å². The normalized spacial score (nSPS) is 27.2. The number of fused-ring (bicyclic) bond motifs is 1. The van der Waals surface area contributed by atoms with E-state index in [1.54, 1.807) is 4.90 Å². The van der Waals surface area contributed by atoms with Crippen molar-refractivity contribution in [3.8, 4) is 0 Å². The first kappa shape index (κ1) is 14.9. The summed E-state index contributed by atoms with van der Waals surface area (Å²) in [5.74, 6) is 0.118. The van der Waals surface area contributed by atoms with E-state index in [2.05, 4.69) is 10.3 Å². The standard InChI is InChI=1S/C15H20N4O3S/c20-13(18-6-7-22-12-3-1-2-11(12)18)8-10-9-23-15(17-10)19-5-4-16-14(19)21/h9,11-12H,1-8H2,(H,16,21)/t11-,12+/m1/s1. The molecule has 0 unspecified atom stereocenters. The van der Waals surface area contributed by atoms with E-state index in [4.69, 9.17) is 4.74 Å². The van der Waals surface area contributed by atoms with Gasteiger partial charge in [0, 0.05) is 25.0 Å². The van der Waals surface area contributed by atoms with Gasteiger partial charge in [-0.1, -0.05) is 0 Å². The molecule has 1 aromatic rings. The van der Waals surface area contributed by atoms with Crippen LogP contribution in [0.4, 0.5) is 9.93 Å². The second-order valence-electron chi connectivity index (χ2n) is 6.18. The van der Waals surface area contributed by atoms with Crippen LogP contribution < -0.4 is 10.2 Å². The largest absolute Gasteiger partial charge is 0.374 e. The summed E-state index contributed by atoms with van der Waals surface area (Å²) in [5.41, 5.74) is 0.746. The molecule has 0 spiro atoms. The first-order valence-corrected chi connectivity index (χ1v) is 9.01. The molecule has 1 aliphatic carbocycles. The van der Waals surface area contributed by atoms with E-state index in [0.717, 1.165) is 25.0 Å². The van der Waals surface area contributed by atoms with Crippen LogP contribution in [0, 0.1) is 0 Å². The van der Waals surface area contributed by atoms with E-state index in [9.17, 15) is 9.59 Å². The fourth-order valence-corrected chi connectivity index (χ4v) is 4.50. The molecule has 7 nitrogen and oxygen atoms in total. The van der Waals surface area contributed by atoms with E-state index < -0.39 is 0 Å². The lowest BCUT2D eigenvalue weighted by atomic mass is 10.1. The van der Waals surface area contributed by atoms with Crippen molar-refractivity contribution in [3.63, 3.8) is 0 Å². The summed E-state index contributed by atoms with van der Waals surface area (Å²) in [6, 6.07) is 0.123. The van der Waals surface area contributed by atoms with Crippen LogP contribution in [-0.4, -0.2) is 60.2 Å². The molecule has 0 aromatic carbocycles. The SMILES string of the molecule is O=C1NCCN1c1nc(CC(=O)N2CCO[C@H]3CCC[C@H]32)cs1. The molecule has 3 aliphatic rings. The zero-order valence-electron chi connectivity index (χ0n) is 12.9. The molecule has 0 bridgehead atoms. The van der Waals surface area contributed by atoms with Crippen molar-refractivity contribution in [1.29, 1.82) is 0 Å². The van der Waals surface area contributed by atoms with Crippen LogP contribution in [-0.2, 0) is 16.0 Å². The van der Waals surface area contributed by atoms with Gasteiger partial charge < -0.3 is 15.0 Å². The van der Waals surface area contributed by atoms with E-state index in [1.807, 2.05) is 10.3 Å². The maximum atomic E-state index is 12.6. The van der Waals surface area contributed by atoms with Crippen molar-refractivity contribution in [2.45, 2.75) is 37.8 Å². The van der Waals surface area contributed by atoms with E-state index in [1.165, 1.54) is 11.3 Å². The van der Waals surface area contributed by atoms with Crippen LogP contribution in [0.15, 0.2) is 5.38 Å². The quantitative estimate of drug-likeness (QED) is 0.893. The summed E-state index contributed by atoms with van der Waals surface area (Å²) >= 11 is 1.42. The third-order valence-corrected chi connectivity index (χ3v) is 5.67. The number of hydrogen-bond acceptors (Lipinski definition) is 5. The Morgan fingerprint density at radius 3 is 3.17 bits per heavy atom. The van der Waals surface area contributed by atoms with Gasteiger partial charge >= 0.3 is 6.03 Å². The lowest BCUT2D eigenvalue weighted by Gasteiger charge is -2.37. The molecule has 3 heterocycles. The van der Waals surface area contributed by atoms with E-state index in [-0.39, 0.29) is 24.1 Å². The Morgan fingerprint density at radius 1 is 1.43 bits per heavy atom. The number of urea groups is 1. The van der Waals surface area contributed by atoms with Crippen molar-refractivity contribution in [3.05, 3.63) is 11.1 Å². The minimum absolute atomic E-state index is 0.112. The molecular weight excluding hydrogens is 316 g/mol. The number of morpholine rings is 1. The van der Waals surface area contributed by atoms with E-state index in [0.29, 0.717) is 37.8 Å². The van der Waals surface area contributed by atoms with Gasteiger partial charge in [-0.05, 0) is 19.3 Å². The molecule has 8 heteroatoms. The number of ether oxygens (including phenoxy) is 1. The minimum atomic E-state index is -0.112. The summed E-state index contributed by atoms with van der Waals surface area (Å²) in [4.78, 5) is 32.4. The molecule has 4 rings (SSSR count). The van der Waals surface area contributed by atoms with Gasteiger partial charge in [0.1, 0.15) is 0 Å². The second-order valence-corrected chi connectivity index (χ2v) is 7.01. The maximum Gasteiger partial charge on any atom is 0.323 e. The average molecular weight is 336 g/mol. The molecular formula is C15H20N4O3S. The summed E-state index contributed by atoms with van der Waals surface area (Å²) < 4.78 is 5.76. The number of rotatable bonds is 3. The fraction of sp³-hybridized carbons (Fsp3) is 0.667. The highest BCUT2D eigenvalue weighted by Crippen LogP contribution is 2.30. The lowest BCUT2D eigenvalue weighted by molar-refractivity contribution is -0.143. The number of anilines is 1. The summed E-state index contributed by atoms with van der Waals surface area (Å²) in [5, 5.41) is 5.31. The maximum absolute atomic E-state index is 12.6. The zero-order chi connectivity index (χ0) is 15.8. The number of carbonyl (C=O) groups excluding carboxylic acids is 2. The molecule has 3 amide bonds. The van der Waals surface area contributed by atoms with Crippen molar-refractivity contribution < 1.29 is 14.3 Å². The number of nitrogens with one attached hydrogen (secondary N) is 1. The highest BCUT2D eigenvalue weighted by molar-refractivity contribution is 7.14. The third kappa shape index (κ3) is 2.81. The van der Waals surface area contributed by atoms with Gasteiger partial charge in [-0.3, -0.25) is 9.69 Å². The number of aromatic nitrogens is 1. The molecule has 2 atom stereocenters. The summed E-state index contributed by atoms with van der Waals surface area (Å²) in [7, 11) is 0. The Balaban J connectivity index is 1.42. The van der Waals surface area contributed by atoms with E-state index >= 15 is 0 Å². The highest BCUT2D eigenvalue weighted by atomic mass is 32.1. The molecule has 1 aromatic heterocycles. The van der Waals surface area contributed by atoms with Gasteiger partial charge in [0.15, 0.2) is 5.13 Å². The molecule has 23 heavy (non-hydrogen) atoms. The average Bonchev–Trinajstić information content (AvgIpc) is 3.26. The highest BCUT2D eigenvalue weighted by Gasteiger charge is 2.38. The van der Waals surface area contributed by atoms with Crippen LogP contribution in [0.3, 0.4) is 0 Å². The summed E-state index contributed by atoms with van der Waals surface area (Å²) in [6.07, 6.45) is 3.73. The molecule has 2 aliphatic heterocycles. The van der Waals surface area contributed by atoms with Crippen molar-refractivity contribution in [2.75, 3.05) is 31.1 Å². The van der Waals surface area contributed by atoms with Gasteiger partial charge in [0.05, 0.1) is 30.9 Å². The monoisotopic (exact) mass is 336 g/mol. The molecule has 124 valence electrons. The number of thiazole rings is 1. The molecule has 1 N–H and O–H groups in total. The predicted molar refractivity (Wildman–Crippen MR) is 85.7 cm³/mol. The first-order chi connectivity index (χ1) is 11.2. The van der Waals surface area contributed by atoms with Crippen molar-refractivity contribution in [2.24, 2.45) is 0 Å². The predicted octanol–water partition coefficient (Wildman–Crippen LogP) is 0.995. The van der Waals surface area contributed by atoms with Gasteiger partial charge in [0.25, 0.3) is 0 Å². The number of nitrogens with zero attached hydrogens (tertiary/aromatic N) is 3. The first-order valence-electron chi connectivity index (χ1n) is 8.13. The summed E-state index contributed by atoms with van der Waals surface area (Å²) in [6.45, 7) is 2.57. The molecule has 2 saturated heterocycles. The molecule has 3 fully saturated rings. The minimum Gasteiger partial charge on any atom is -0.374 e. The molecule has 0 radical (unpaired) electrons. The number of amides is 3. The van der Waals surface area contributed by atoms with Crippen molar-refractivity contribution in [1.82, 2.24) is 15.2 Å². The van der Waals surface area contributed by atoms with Crippen molar-refractivity contribution >= 4 is 28.4 Å². The Hall–Kier alpha value is -1.67. The smallest absolute Gasteiger partial charge is 0.323 e.